The Hall–Kier alpha value is -0.880. The fourth-order valence-electron chi connectivity index (χ4n) is 2.27. The molecule has 2 rings (SSSR count). The van der Waals surface area contributed by atoms with Crippen LogP contribution in [0.1, 0.15) is 18.4 Å². The van der Waals surface area contributed by atoms with Crippen molar-refractivity contribution in [1.82, 2.24) is 10.3 Å². The molecule has 2 heterocycles. The van der Waals surface area contributed by atoms with Crippen molar-refractivity contribution in [1.29, 1.82) is 0 Å². The molecule has 3 N–H and O–H groups in total. The summed E-state index contributed by atoms with van der Waals surface area (Å²) in [6.07, 6.45) is 2.91. The number of aromatic nitrogens is 1. The van der Waals surface area contributed by atoms with E-state index in [0.29, 0.717) is 49.3 Å². The number of pyridine rings is 1. The zero-order chi connectivity index (χ0) is 14.6. The molecule has 1 aromatic heterocycles. The Morgan fingerprint density at radius 1 is 1.45 bits per heavy atom. The number of nitrogens with one attached hydrogen (secondary N) is 1. The Balaban J connectivity index is 1.95. The summed E-state index contributed by atoms with van der Waals surface area (Å²) in [5.41, 5.74) is 5.84. The maximum atomic E-state index is 11.7. The summed E-state index contributed by atoms with van der Waals surface area (Å²) in [5, 5.41) is 4.14. The second-order valence-electron chi connectivity index (χ2n) is 4.96. The summed E-state index contributed by atoms with van der Waals surface area (Å²) in [4.78, 5) is 15.7. The van der Waals surface area contributed by atoms with E-state index in [1.165, 1.54) is 0 Å². The number of hydrogen-bond acceptors (Lipinski definition) is 4. The van der Waals surface area contributed by atoms with Crippen molar-refractivity contribution in [3.8, 4) is 0 Å². The Morgan fingerprint density at radius 2 is 2.15 bits per heavy atom. The lowest BCUT2D eigenvalue weighted by atomic mass is 9.79. The second-order valence-corrected chi connectivity index (χ2v) is 5.75. The molecule has 0 radical (unpaired) electrons. The minimum atomic E-state index is -0.537. The van der Waals surface area contributed by atoms with Crippen LogP contribution in [0, 0.1) is 5.41 Å². The first kappa shape index (κ1) is 15.5. The first-order valence-corrected chi connectivity index (χ1v) is 7.17. The van der Waals surface area contributed by atoms with Gasteiger partial charge in [-0.15, -0.1) is 0 Å². The number of ether oxygens (including phenoxy) is 1. The minimum absolute atomic E-state index is 0.284. The van der Waals surface area contributed by atoms with Gasteiger partial charge in [0.05, 0.1) is 5.41 Å². The summed E-state index contributed by atoms with van der Waals surface area (Å²) in [7, 11) is 0. The predicted octanol–water partition coefficient (Wildman–Crippen LogP) is 1.76. The standard InChI is InChI=1S/C13H17Cl2N3O2/c14-10-5-11(15)18-7-9(10)6-17-8-13(12(16)19)1-3-20-4-2-13/h5,7,17H,1-4,6,8H2,(H2,16,19). The largest absolute Gasteiger partial charge is 0.381 e. The zero-order valence-electron chi connectivity index (χ0n) is 11.0. The molecule has 0 aliphatic carbocycles. The third-order valence-electron chi connectivity index (χ3n) is 3.65. The van der Waals surface area contributed by atoms with Gasteiger partial charge in [-0.2, -0.15) is 0 Å². The van der Waals surface area contributed by atoms with E-state index in [1.54, 1.807) is 12.3 Å². The monoisotopic (exact) mass is 317 g/mol. The highest BCUT2D eigenvalue weighted by Crippen LogP contribution is 2.29. The van der Waals surface area contributed by atoms with E-state index in [2.05, 4.69) is 10.3 Å². The van der Waals surface area contributed by atoms with Crippen LogP contribution in [-0.2, 0) is 16.1 Å². The molecule has 7 heteroatoms. The van der Waals surface area contributed by atoms with Gasteiger partial charge in [0, 0.05) is 43.1 Å². The SMILES string of the molecule is NC(=O)C1(CNCc2cnc(Cl)cc2Cl)CCOCC1. The topological polar surface area (TPSA) is 77.2 Å². The van der Waals surface area contributed by atoms with Gasteiger partial charge in [0.25, 0.3) is 0 Å². The van der Waals surface area contributed by atoms with Crippen molar-refractivity contribution in [2.45, 2.75) is 19.4 Å². The van der Waals surface area contributed by atoms with Gasteiger partial charge in [-0.05, 0) is 18.9 Å². The summed E-state index contributed by atoms with van der Waals surface area (Å²) in [6.45, 7) is 2.14. The van der Waals surface area contributed by atoms with Crippen LogP contribution in [0.2, 0.25) is 10.2 Å². The van der Waals surface area contributed by atoms with Gasteiger partial charge in [0.15, 0.2) is 0 Å². The van der Waals surface area contributed by atoms with E-state index in [4.69, 9.17) is 33.7 Å². The molecule has 5 nitrogen and oxygen atoms in total. The predicted molar refractivity (Wildman–Crippen MR) is 77.6 cm³/mol. The van der Waals surface area contributed by atoms with Gasteiger partial charge in [0.1, 0.15) is 5.15 Å². The van der Waals surface area contributed by atoms with Gasteiger partial charge in [0.2, 0.25) is 5.91 Å². The maximum absolute atomic E-state index is 11.7. The second kappa shape index (κ2) is 6.72. The molecular weight excluding hydrogens is 301 g/mol. The van der Waals surface area contributed by atoms with E-state index in [1.807, 2.05) is 0 Å². The van der Waals surface area contributed by atoms with E-state index in [-0.39, 0.29) is 5.91 Å². The molecule has 0 aromatic carbocycles. The van der Waals surface area contributed by atoms with Gasteiger partial charge < -0.3 is 15.8 Å². The Bertz CT molecular complexity index is 491. The highest BCUT2D eigenvalue weighted by Gasteiger charge is 2.37. The third-order valence-corrected chi connectivity index (χ3v) is 4.21. The number of hydrogen-bond donors (Lipinski definition) is 2. The van der Waals surface area contributed by atoms with Crippen molar-refractivity contribution in [3.63, 3.8) is 0 Å². The zero-order valence-corrected chi connectivity index (χ0v) is 12.5. The maximum Gasteiger partial charge on any atom is 0.225 e. The summed E-state index contributed by atoms with van der Waals surface area (Å²) in [5.74, 6) is -0.284. The number of nitrogens with two attached hydrogens (primary N) is 1. The summed E-state index contributed by atoms with van der Waals surface area (Å²) >= 11 is 11.8. The number of carbonyl (C=O) groups excluding carboxylic acids is 1. The smallest absolute Gasteiger partial charge is 0.225 e. The molecule has 0 saturated carbocycles. The van der Waals surface area contributed by atoms with Crippen molar-refractivity contribution in [2.75, 3.05) is 19.8 Å². The van der Waals surface area contributed by atoms with Crippen molar-refractivity contribution in [3.05, 3.63) is 28.0 Å². The van der Waals surface area contributed by atoms with Crippen molar-refractivity contribution < 1.29 is 9.53 Å². The van der Waals surface area contributed by atoms with Crippen LogP contribution in [-0.4, -0.2) is 30.6 Å². The highest BCUT2D eigenvalue weighted by atomic mass is 35.5. The molecule has 1 fully saturated rings. The third kappa shape index (κ3) is 3.61. The highest BCUT2D eigenvalue weighted by molar-refractivity contribution is 6.34. The van der Waals surface area contributed by atoms with Gasteiger partial charge in [-0.3, -0.25) is 4.79 Å². The molecule has 1 aliphatic rings. The van der Waals surface area contributed by atoms with Crippen molar-refractivity contribution in [2.24, 2.45) is 11.1 Å². The van der Waals surface area contributed by atoms with Crippen LogP contribution >= 0.6 is 23.2 Å². The first-order valence-electron chi connectivity index (χ1n) is 6.42. The number of amides is 1. The van der Waals surface area contributed by atoms with Gasteiger partial charge in [-0.1, -0.05) is 23.2 Å². The average molecular weight is 318 g/mol. The van der Waals surface area contributed by atoms with Crippen LogP contribution in [0.4, 0.5) is 0 Å². The Kier molecular flexibility index (Phi) is 5.21. The Morgan fingerprint density at radius 3 is 2.75 bits per heavy atom. The lowest BCUT2D eigenvalue weighted by molar-refractivity contribution is -0.132. The fraction of sp³-hybridized carbons (Fsp3) is 0.538. The lowest BCUT2D eigenvalue weighted by Gasteiger charge is -2.34. The molecule has 0 spiro atoms. The van der Waals surface area contributed by atoms with Crippen LogP contribution in [0.25, 0.3) is 0 Å². The first-order chi connectivity index (χ1) is 9.53. The van der Waals surface area contributed by atoms with E-state index in [9.17, 15) is 4.79 Å². The number of primary amides is 1. The van der Waals surface area contributed by atoms with E-state index < -0.39 is 5.41 Å². The van der Waals surface area contributed by atoms with Crippen LogP contribution in [0.15, 0.2) is 12.3 Å². The van der Waals surface area contributed by atoms with Crippen molar-refractivity contribution >= 4 is 29.1 Å². The quantitative estimate of drug-likeness (QED) is 0.811. The normalized spacial score (nSPS) is 17.9. The molecule has 0 bridgehead atoms. The molecule has 110 valence electrons. The Labute approximate surface area is 127 Å². The van der Waals surface area contributed by atoms with Gasteiger partial charge in [-0.25, -0.2) is 4.98 Å². The molecule has 1 saturated heterocycles. The van der Waals surface area contributed by atoms with E-state index in [0.717, 1.165) is 5.56 Å². The molecule has 1 amide bonds. The number of rotatable bonds is 5. The molecule has 1 aromatic rings. The molecular formula is C13H17Cl2N3O2. The van der Waals surface area contributed by atoms with E-state index >= 15 is 0 Å². The summed E-state index contributed by atoms with van der Waals surface area (Å²) in [6, 6.07) is 1.60. The summed E-state index contributed by atoms with van der Waals surface area (Å²) < 4.78 is 5.29. The lowest BCUT2D eigenvalue weighted by Crippen LogP contribution is -2.48. The number of carbonyl (C=O) groups is 1. The van der Waals surface area contributed by atoms with Crippen LogP contribution < -0.4 is 11.1 Å². The van der Waals surface area contributed by atoms with Crippen LogP contribution in [0.5, 0.6) is 0 Å². The average Bonchev–Trinajstić information content (AvgIpc) is 2.42. The molecule has 1 aliphatic heterocycles. The molecule has 0 atom stereocenters. The molecule has 20 heavy (non-hydrogen) atoms. The van der Waals surface area contributed by atoms with Crippen LogP contribution in [0.3, 0.4) is 0 Å². The number of nitrogens with zero attached hydrogens (tertiary/aromatic N) is 1. The fourth-order valence-corrected chi connectivity index (χ4v) is 2.71. The molecule has 0 unspecified atom stereocenters. The van der Waals surface area contributed by atoms with Gasteiger partial charge >= 0.3 is 0 Å². The number of halogens is 2. The minimum Gasteiger partial charge on any atom is -0.381 e.